The van der Waals surface area contributed by atoms with E-state index in [-0.39, 0.29) is 11.6 Å². The summed E-state index contributed by atoms with van der Waals surface area (Å²) in [7, 11) is 0. The summed E-state index contributed by atoms with van der Waals surface area (Å²) in [5, 5.41) is 8.09. The van der Waals surface area contributed by atoms with Gasteiger partial charge in [0.2, 0.25) is 11.8 Å². The zero-order chi connectivity index (χ0) is 18.6. The highest BCUT2D eigenvalue weighted by molar-refractivity contribution is 6.30. The molecule has 0 fully saturated rings. The maximum absolute atomic E-state index is 12.8. The second kappa shape index (κ2) is 7.43. The molecule has 0 atom stereocenters. The number of halogens is 1. The molecule has 0 bridgehead atoms. The molecule has 1 aromatic carbocycles. The number of furan rings is 1. The number of nitrogens with zero attached hydrogens (tertiary/aromatic N) is 4. The predicted octanol–water partition coefficient (Wildman–Crippen LogP) is 3.89. The average Bonchev–Trinajstić information content (AvgIpc) is 3.37. The van der Waals surface area contributed by atoms with E-state index in [1.807, 2.05) is 12.1 Å². The van der Waals surface area contributed by atoms with Gasteiger partial charge in [0.1, 0.15) is 5.69 Å². The molecular formula is C19H14ClN5O2. The number of anilines is 1. The highest BCUT2D eigenvalue weighted by Gasteiger charge is 2.20. The van der Waals surface area contributed by atoms with Gasteiger partial charge in [-0.1, -0.05) is 29.8 Å². The third-order valence-electron chi connectivity index (χ3n) is 3.79. The maximum Gasteiger partial charge on any atom is 0.299 e. The number of carbonyl (C=O) groups excluding carboxylic acids is 1. The Morgan fingerprint density at radius 1 is 1.11 bits per heavy atom. The lowest BCUT2D eigenvalue weighted by Crippen LogP contribution is -2.18. The fraction of sp³-hybridized carbons (Fsp3) is 0.0526. The van der Waals surface area contributed by atoms with Crippen LogP contribution in [0.5, 0.6) is 0 Å². The third-order valence-corrected chi connectivity index (χ3v) is 4.04. The van der Waals surface area contributed by atoms with Crippen molar-refractivity contribution in [2.24, 2.45) is 0 Å². The van der Waals surface area contributed by atoms with Gasteiger partial charge in [-0.3, -0.25) is 9.78 Å². The molecule has 27 heavy (non-hydrogen) atoms. The molecule has 4 rings (SSSR count). The molecule has 8 heteroatoms. The Labute approximate surface area is 159 Å². The molecule has 0 spiro atoms. The maximum atomic E-state index is 12.8. The van der Waals surface area contributed by atoms with Crippen LogP contribution in [0.15, 0.2) is 71.5 Å². The molecule has 134 valence electrons. The Morgan fingerprint density at radius 3 is 2.67 bits per heavy atom. The summed E-state index contributed by atoms with van der Waals surface area (Å²) < 4.78 is 6.53. The van der Waals surface area contributed by atoms with E-state index in [1.165, 1.54) is 10.9 Å². The first-order chi connectivity index (χ1) is 13.2. The standard InChI is InChI=1S/C19H14ClN5O2/c20-14-8-6-13(7-9-14)12-22-19-23-17(16-5-3-11-27-16)24-25(19)18(26)15-4-1-2-10-21-15/h1-11H,12H2,(H,22,23,24). The van der Waals surface area contributed by atoms with Crippen LogP contribution in [0.1, 0.15) is 16.1 Å². The van der Waals surface area contributed by atoms with Crippen molar-refractivity contribution in [3.8, 4) is 11.6 Å². The highest BCUT2D eigenvalue weighted by atomic mass is 35.5. The van der Waals surface area contributed by atoms with Crippen LogP contribution in [0.25, 0.3) is 11.6 Å². The molecule has 0 aliphatic carbocycles. The summed E-state index contributed by atoms with van der Waals surface area (Å²) in [6.07, 6.45) is 3.08. The van der Waals surface area contributed by atoms with Gasteiger partial charge in [-0.15, -0.1) is 5.10 Å². The topological polar surface area (TPSA) is 85.8 Å². The monoisotopic (exact) mass is 379 g/mol. The van der Waals surface area contributed by atoms with Crippen molar-refractivity contribution in [2.45, 2.75) is 6.54 Å². The number of hydrogen-bond acceptors (Lipinski definition) is 6. The lowest BCUT2D eigenvalue weighted by molar-refractivity contribution is 0.0942. The predicted molar refractivity (Wildman–Crippen MR) is 100 cm³/mol. The fourth-order valence-corrected chi connectivity index (χ4v) is 2.59. The summed E-state index contributed by atoms with van der Waals surface area (Å²) >= 11 is 5.91. The Hall–Kier alpha value is -3.45. The second-order valence-electron chi connectivity index (χ2n) is 5.65. The van der Waals surface area contributed by atoms with Gasteiger partial charge in [-0.25, -0.2) is 0 Å². The normalized spacial score (nSPS) is 10.7. The van der Waals surface area contributed by atoms with Crippen LogP contribution >= 0.6 is 11.6 Å². The quantitative estimate of drug-likeness (QED) is 0.566. The van der Waals surface area contributed by atoms with Crippen molar-refractivity contribution in [1.29, 1.82) is 0 Å². The van der Waals surface area contributed by atoms with Crippen LogP contribution < -0.4 is 5.32 Å². The van der Waals surface area contributed by atoms with Gasteiger partial charge < -0.3 is 9.73 Å². The van der Waals surface area contributed by atoms with Crippen molar-refractivity contribution in [1.82, 2.24) is 19.7 Å². The first kappa shape index (κ1) is 17.0. The van der Waals surface area contributed by atoms with Gasteiger partial charge in [0.15, 0.2) is 5.76 Å². The molecule has 1 N–H and O–H groups in total. The molecule has 0 unspecified atom stereocenters. The Morgan fingerprint density at radius 2 is 1.96 bits per heavy atom. The van der Waals surface area contributed by atoms with E-state index in [0.29, 0.717) is 29.1 Å². The molecular weight excluding hydrogens is 366 g/mol. The minimum atomic E-state index is -0.389. The number of nitrogens with one attached hydrogen (secondary N) is 1. The molecule has 0 aliphatic heterocycles. The van der Waals surface area contributed by atoms with E-state index < -0.39 is 0 Å². The Bertz CT molecular complexity index is 1040. The summed E-state index contributed by atoms with van der Waals surface area (Å²) in [6, 6.07) is 16.0. The smallest absolute Gasteiger partial charge is 0.299 e. The molecule has 4 aromatic rings. The zero-order valence-corrected chi connectivity index (χ0v) is 14.8. The SMILES string of the molecule is O=C(c1ccccn1)n1nc(-c2ccco2)nc1NCc1ccc(Cl)cc1. The third kappa shape index (κ3) is 3.73. The van der Waals surface area contributed by atoms with Crippen LogP contribution in [0, 0.1) is 0 Å². The van der Waals surface area contributed by atoms with Crippen LogP contribution in [0.2, 0.25) is 5.02 Å². The van der Waals surface area contributed by atoms with Crippen LogP contribution in [-0.4, -0.2) is 25.7 Å². The summed E-state index contributed by atoms with van der Waals surface area (Å²) in [5.41, 5.74) is 1.25. The molecule has 7 nitrogen and oxygen atoms in total. The molecule has 0 saturated heterocycles. The zero-order valence-electron chi connectivity index (χ0n) is 14.0. The van der Waals surface area contributed by atoms with Crippen molar-refractivity contribution in [2.75, 3.05) is 5.32 Å². The molecule has 0 radical (unpaired) electrons. The number of pyridine rings is 1. The van der Waals surface area contributed by atoms with Gasteiger partial charge in [-0.05, 0) is 42.0 Å². The van der Waals surface area contributed by atoms with Crippen LogP contribution in [-0.2, 0) is 6.54 Å². The minimum Gasteiger partial charge on any atom is -0.461 e. The summed E-state index contributed by atoms with van der Waals surface area (Å²) in [6.45, 7) is 0.447. The van der Waals surface area contributed by atoms with Crippen molar-refractivity contribution >= 4 is 23.5 Å². The van der Waals surface area contributed by atoms with Crippen LogP contribution in [0.4, 0.5) is 5.95 Å². The highest BCUT2D eigenvalue weighted by Crippen LogP contribution is 2.20. The molecule has 0 amide bonds. The summed E-state index contributed by atoms with van der Waals surface area (Å²) in [5.74, 6) is 0.687. The first-order valence-corrected chi connectivity index (χ1v) is 8.53. The average molecular weight is 380 g/mol. The number of rotatable bonds is 5. The number of aromatic nitrogens is 4. The lowest BCUT2D eigenvalue weighted by Gasteiger charge is -2.07. The minimum absolute atomic E-state index is 0.267. The van der Waals surface area contributed by atoms with Crippen LogP contribution in [0.3, 0.4) is 0 Å². The first-order valence-electron chi connectivity index (χ1n) is 8.16. The number of hydrogen-bond donors (Lipinski definition) is 1. The van der Waals surface area contributed by atoms with Gasteiger partial charge >= 0.3 is 0 Å². The Kier molecular flexibility index (Phi) is 4.67. The molecule has 3 aromatic heterocycles. The van der Waals surface area contributed by atoms with E-state index >= 15 is 0 Å². The summed E-state index contributed by atoms with van der Waals surface area (Å²) in [4.78, 5) is 21.3. The van der Waals surface area contributed by atoms with Gasteiger partial charge in [0.25, 0.3) is 5.91 Å². The lowest BCUT2D eigenvalue weighted by atomic mass is 10.2. The van der Waals surface area contributed by atoms with E-state index in [0.717, 1.165) is 5.56 Å². The van der Waals surface area contributed by atoms with Gasteiger partial charge in [-0.2, -0.15) is 9.67 Å². The molecule has 0 aliphatic rings. The largest absolute Gasteiger partial charge is 0.461 e. The van der Waals surface area contributed by atoms with E-state index in [1.54, 1.807) is 48.7 Å². The molecule has 0 saturated carbocycles. The Balaban J connectivity index is 1.66. The van der Waals surface area contributed by atoms with E-state index in [2.05, 4.69) is 20.4 Å². The van der Waals surface area contributed by atoms with E-state index in [9.17, 15) is 4.79 Å². The van der Waals surface area contributed by atoms with Crippen molar-refractivity contribution in [3.63, 3.8) is 0 Å². The van der Waals surface area contributed by atoms with Crippen molar-refractivity contribution in [3.05, 3.63) is 83.3 Å². The molecule has 3 heterocycles. The fourth-order valence-electron chi connectivity index (χ4n) is 2.46. The van der Waals surface area contributed by atoms with Crippen molar-refractivity contribution < 1.29 is 9.21 Å². The second-order valence-corrected chi connectivity index (χ2v) is 6.08. The van der Waals surface area contributed by atoms with E-state index in [4.69, 9.17) is 16.0 Å². The number of carbonyl (C=O) groups is 1. The van der Waals surface area contributed by atoms with Gasteiger partial charge in [0.05, 0.1) is 6.26 Å². The van der Waals surface area contributed by atoms with Gasteiger partial charge in [0, 0.05) is 17.8 Å². The number of benzene rings is 1.